The van der Waals surface area contributed by atoms with Gasteiger partial charge in [-0.15, -0.1) is 13.2 Å². The normalized spacial score (nSPS) is 11.0. The second-order valence-corrected chi connectivity index (χ2v) is 3.21. The van der Waals surface area contributed by atoms with E-state index in [9.17, 15) is 18.0 Å². The first kappa shape index (κ1) is 12.6. The number of hydrogen-bond acceptors (Lipinski definition) is 2. The highest BCUT2D eigenvalue weighted by molar-refractivity contribution is 6.31. The minimum absolute atomic E-state index is 0.0391. The van der Waals surface area contributed by atoms with Gasteiger partial charge in [0.25, 0.3) is 0 Å². The highest BCUT2D eigenvalue weighted by Gasteiger charge is 2.31. The Kier molecular flexibility index (Phi) is 4.00. The summed E-state index contributed by atoms with van der Waals surface area (Å²) in [6, 6.07) is 3.48. The number of carbonyl (C=O) groups excluding carboxylic acids is 1. The number of amides is 1. The molecule has 7 heteroatoms. The molecule has 1 aromatic carbocycles. The predicted octanol–water partition coefficient (Wildman–Crippen LogP) is 2.48. The Morgan fingerprint density at radius 3 is 2.69 bits per heavy atom. The summed E-state index contributed by atoms with van der Waals surface area (Å²) in [6.45, 7) is 0.0391. The number of alkyl halides is 3. The summed E-state index contributed by atoms with van der Waals surface area (Å²) in [4.78, 5) is 10.0. The van der Waals surface area contributed by atoms with Crippen LogP contribution in [0.25, 0.3) is 0 Å². The van der Waals surface area contributed by atoms with Crippen molar-refractivity contribution < 1.29 is 22.7 Å². The van der Waals surface area contributed by atoms with Crippen molar-refractivity contribution in [2.24, 2.45) is 0 Å². The van der Waals surface area contributed by atoms with Gasteiger partial charge in [0, 0.05) is 11.6 Å². The van der Waals surface area contributed by atoms with Crippen LogP contribution in [0.15, 0.2) is 18.2 Å². The summed E-state index contributed by atoms with van der Waals surface area (Å²) in [7, 11) is 0. The average Bonchev–Trinajstić information content (AvgIpc) is 2.17. The number of nitrogens with one attached hydrogen (secondary N) is 1. The summed E-state index contributed by atoms with van der Waals surface area (Å²) < 4.78 is 39.4. The van der Waals surface area contributed by atoms with Gasteiger partial charge >= 0.3 is 6.36 Å². The number of hydrogen-bond donors (Lipinski definition) is 1. The molecule has 1 amide bonds. The Balaban J connectivity index is 2.84. The quantitative estimate of drug-likeness (QED) is 0.837. The van der Waals surface area contributed by atoms with Crippen LogP contribution in [-0.2, 0) is 11.3 Å². The van der Waals surface area contributed by atoms with Crippen molar-refractivity contribution in [1.82, 2.24) is 5.32 Å². The molecule has 1 N–H and O–H groups in total. The maximum absolute atomic E-state index is 11.9. The molecule has 1 rings (SSSR count). The van der Waals surface area contributed by atoms with E-state index in [4.69, 9.17) is 11.6 Å². The standard InChI is InChI=1S/C9H7ClF3NO2/c10-8-2-1-7(16-9(11,12)13)3-6(8)4-14-5-15/h1-3,5H,4H2,(H,14,15). The second-order valence-electron chi connectivity index (χ2n) is 2.80. The lowest BCUT2D eigenvalue weighted by molar-refractivity contribution is -0.274. The molecule has 0 atom stereocenters. The predicted molar refractivity (Wildman–Crippen MR) is 51.0 cm³/mol. The van der Waals surface area contributed by atoms with Gasteiger partial charge in [-0.3, -0.25) is 4.79 Å². The minimum Gasteiger partial charge on any atom is -0.406 e. The molecular formula is C9H7ClF3NO2. The van der Waals surface area contributed by atoms with Gasteiger partial charge in [-0.25, -0.2) is 0 Å². The van der Waals surface area contributed by atoms with Gasteiger partial charge in [0.15, 0.2) is 0 Å². The number of rotatable bonds is 4. The van der Waals surface area contributed by atoms with Gasteiger partial charge in [-0.2, -0.15) is 0 Å². The van der Waals surface area contributed by atoms with Crippen molar-refractivity contribution in [2.45, 2.75) is 12.9 Å². The van der Waals surface area contributed by atoms with Crippen molar-refractivity contribution in [3.05, 3.63) is 28.8 Å². The van der Waals surface area contributed by atoms with E-state index in [-0.39, 0.29) is 17.3 Å². The molecule has 0 radical (unpaired) electrons. The lowest BCUT2D eigenvalue weighted by Gasteiger charge is -2.10. The van der Waals surface area contributed by atoms with Crippen LogP contribution in [-0.4, -0.2) is 12.8 Å². The number of halogens is 4. The molecule has 0 bridgehead atoms. The van der Waals surface area contributed by atoms with Gasteiger partial charge < -0.3 is 10.1 Å². The Hall–Kier alpha value is -1.43. The summed E-state index contributed by atoms with van der Waals surface area (Å²) in [6.07, 6.45) is -4.32. The molecule has 0 heterocycles. The molecule has 88 valence electrons. The maximum Gasteiger partial charge on any atom is 0.573 e. The van der Waals surface area contributed by atoms with E-state index in [1.807, 2.05) is 0 Å². The fourth-order valence-corrected chi connectivity index (χ4v) is 1.22. The highest BCUT2D eigenvalue weighted by atomic mass is 35.5. The van der Waals surface area contributed by atoms with Crippen molar-refractivity contribution in [1.29, 1.82) is 0 Å². The summed E-state index contributed by atoms with van der Waals surface area (Å²) in [5, 5.41) is 2.55. The zero-order valence-electron chi connectivity index (χ0n) is 7.84. The Morgan fingerprint density at radius 2 is 2.12 bits per heavy atom. The molecule has 0 saturated heterocycles. The van der Waals surface area contributed by atoms with E-state index in [0.29, 0.717) is 12.0 Å². The number of ether oxygens (including phenoxy) is 1. The highest BCUT2D eigenvalue weighted by Crippen LogP contribution is 2.26. The van der Waals surface area contributed by atoms with Gasteiger partial charge in [-0.05, 0) is 23.8 Å². The lowest BCUT2D eigenvalue weighted by Crippen LogP contribution is -2.17. The molecule has 0 saturated carbocycles. The zero-order chi connectivity index (χ0) is 12.2. The van der Waals surface area contributed by atoms with Gasteiger partial charge in [0.2, 0.25) is 6.41 Å². The van der Waals surface area contributed by atoms with Crippen LogP contribution in [0.5, 0.6) is 5.75 Å². The van der Waals surface area contributed by atoms with Crippen LogP contribution >= 0.6 is 11.6 Å². The molecule has 0 aliphatic heterocycles. The minimum atomic E-state index is -4.75. The number of carbonyl (C=O) groups is 1. The average molecular weight is 254 g/mol. The van der Waals surface area contributed by atoms with Crippen LogP contribution in [0.1, 0.15) is 5.56 Å². The smallest absolute Gasteiger partial charge is 0.406 e. The largest absolute Gasteiger partial charge is 0.573 e. The fraction of sp³-hybridized carbons (Fsp3) is 0.222. The second kappa shape index (κ2) is 5.07. The monoisotopic (exact) mass is 253 g/mol. The number of benzene rings is 1. The maximum atomic E-state index is 11.9. The Labute approximate surface area is 94.2 Å². The molecule has 16 heavy (non-hydrogen) atoms. The van der Waals surface area contributed by atoms with E-state index in [1.165, 1.54) is 6.07 Å². The van der Waals surface area contributed by atoms with Crippen molar-refractivity contribution in [2.75, 3.05) is 0 Å². The third-order valence-electron chi connectivity index (χ3n) is 1.63. The van der Waals surface area contributed by atoms with Crippen molar-refractivity contribution in [3.8, 4) is 5.75 Å². The van der Waals surface area contributed by atoms with E-state index in [0.717, 1.165) is 12.1 Å². The molecular weight excluding hydrogens is 247 g/mol. The first-order valence-electron chi connectivity index (χ1n) is 4.13. The molecule has 0 aromatic heterocycles. The van der Waals surface area contributed by atoms with Crippen molar-refractivity contribution in [3.63, 3.8) is 0 Å². The third-order valence-corrected chi connectivity index (χ3v) is 2.00. The van der Waals surface area contributed by atoms with Crippen LogP contribution in [0.3, 0.4) is 0 Å². The first-order chi connectivity index (χ1) is 7.42. The lowest BCUT2D eigenvalue weighted by atomic mass is 10.2. The van der Waals surface area contributed by atoms with Crippen LogP contribution in [0.2, 0.25) is 5.02 Å². The zero-order valence-corrected chi connectivity index (χ0v) is 8.60. The molecule has 0 aliphatic carbocycles. The molecule has 0 aliphatic rings. The molecule has 0 fully saturated rings. The van der Waals surface area contributed by atoms with E-state index in [1.54, 1.807) is 0 Å². The van der Waals surface area contributed by atoms with E-state index >= 15 is 0 Å². The van der Waals surface area contributed by atoms with Crippen LogP contribution in [0, 0.1) is 0 Å². The Morgan fingerprint density at radius 1 is 1.44 bits per heavy atom. The van der Waals surface area contributed by atoms with Crippen LogP contribution < -0.4 is 10.1 Å². The van der Waals surface area contributed by atoms with Crippen LogP contribution in [0.4, 0.5) is 13.2 Å². The summed E-state index contributed by atoms with van der Waals surface area (Å²) >= 11 is 5.71. The SMILES string of the molecule is O=CNCc1cc(OC(F)(F)F)ccc1Cl. The van der Waals surface area contributed by atoms with E-state index < -0.39 is 6.36 Å². The topological polar surface area (TPSA) is 38.3 Å². The summed E-state index contributed by atoms with van der Waals surface area (Å²) in [5.74, 6) is -0.375. The fourth-order valence-electron chi connectivity index (χ4n) is 1.04. The third kappa shape index (κ3) is 3.98. The molecule has 3 nitrogen and oxygen atoms in total. The summed E-state index contributed by atoms with van der Waals surface area (Å²) in [5.41, 5.74) is 0.343. The van der Waals surface area contributed by atoms with E-state index in [2.05, 4.69) is 10.1 Å². The van der Waals surface area contributed by atoms with Gasteiger partial charge in [0.05, 0.1) is 0 Å². The van der Waals surface area contributed by atoms with Gasteiger partial charge in [0.1, 0.15) is 5.75 Å². The molecule has 1 aromatic rings. The van der Waals surface area contributed by atoms with Crippen molar-refractivity contribution >= 4 is 18.0 Å². The molecule has 0 unspecified atom stereocenters. The van der Waals surface area contributed by atoms with Gasteiger partial charge in [-0.1, -0.05) is 11.6 Å². The molecule has 0 spiro atoms. The first-order valence-corrected chi connectivity index (χ1v) is 4.51. The Bertz CT molecular complexity index is 382.